The van der Waals surface area contributed by atoms with Crippen LogP contribution in [-0.4, -0.2) is 32.0 Å². The van der Waals surface area contributed by atoms with E-state index in [1.807, 2.05) is 41.3 Å². The van der Waals surface area contributed by atoms with E-state index in [0.29, 0.717) is 24.4 Å². The minimum absolute atomic E-state index is 0.101. The number of benzene rings is 2. The van der Waals surface area contributed by atoms with Crippen LogP contribution in [0.15, 0.2) is 48.5 Å². The zero-order valence-electron chi connectivity index (χ0n) is 14.9. The van der Waals surface area contributed by atoms with Crippen molar-refractivity contribution >= 4 is 23.2 Å². The van der Waals surface area contributed by atoms with Gasteiger partial charge in [0, 0.05) is 19.0 Å². The molecule has 1 fully saturated rings. The van der Waals surface area contributed by atoms with Crippen LogP contribution in [0.4, 0.5) is 11.4 Å². The van der Waals surface area contributed by atoms with Gasteiger partial charge in [0.2, 0.25) is 5.91 Å². The highest BCUT2D eigenvalue weighted by molar-refractivity contribution is 6.11. The molecule has 0 N–H and O–H groups in total. The first-order valence-electron chi connectivity index (χ1n) is 9.06. The molecule has 5 nitrogen and oxygen atoms in total. The van der Waals surface area contributed by atoms with Gasteiger partial charge >= 0.3 is 0 Å². The Hall–Kier alpha value is -2.82. The normalized spacial score (nSPS) is 16.7. The van der Waals surface area contributed by atoms with Gasteiger partial charge in [-0.2, -0.15) is 0 Å². The van der Waals surface area contributed by atoms with Crippen molar-refractivity contribution in [3.63, 3.8) is 0 Å². The molecule has 1 aliphatic heterocycles. The lowest BCUT2D eigenvalue weighted by atomic mass is 10.1. The van der Waals surface area contributed by atoms with Gasteiger partial charge < -0.3 is 14.5 Å². The molecule has 2 aliphatic rings. The molecule has 0 spiro atoms. The summed E-state index contributed by atoms with van der Waals surface area (Å²) in [4.78, 5) is 29.6. The van der Waals surface area contributed by atoms with Crippen LogP contribution in [0.1, 0.15) is 29.6 Å². The molecule has 0 saturated heterocycles. The lowest BCUT2D eigenvalue weighted by Gasteiger charge is -2.26. The summed E-state index contributed by atoms with van der Waals surface area (Å²) in [6, 6.07) is 14.9. The summed E-state index contributed by atoms with van der Waals surface area (Å²) < 4.78 is 5.36. The molecule has 26 heavy (non-hydrogen) atoms. The van der Waals surface area contributed by atoms with Crippen molar-refractivity contribution in [1.82, 2.24) is 0 Å². The summed E-state index contributed by atoms with van der Waals surface area (Å²) in [6.07, 6.45) is 2.69. The summed E-state index contributed by atoms with van der Waals surface area (Å²) in [5.41, 5.74) is 2.15. The maximum atomic E-state index is 13.3. The first-order chi connectivity index (χ1) is 12.7. The molecule has 1 heterocycles. The number of fused-ring (bicyclic) bond motifs is 1. The molecule has 0 radical (unpaired) electrons. The number of methoxy groups -OCH3 is 1. The zero-order valence-corrected chi connectivity index (χ0v) is 14.9. The highest BCUT2D eigenvalue weighted by Gasteiger charge is 2.36. The van der Waals surface area contributed by atoms with Gasteiger partial charge in [-0.15, -0.1) is 0 Å². The van der Waals surface area contributed by atoms with Crippen LogP contribution in [0, 0.1) is 5.92 Å². The second kappa shape index (κ2) is 6.83. The zero-order chi connectivity index (χ0) is 18.1. The van der Waals surface area contributed by atoms with Crippen LogP contribution in [0.5, 0.6) is 5.75 Å². The third kappa shape index (κ3) is 2.94. The van der Waals surface area contributed by atoms with Gasteiger partial charge in [0.25, 0.3) is 5.91 Å². The van der Waals surface area contributed by atoms with Crippen molar-refractivity contribution in [1.29, 1.82) is 0 Å². The molecule has 2 aromatic rings. The molecule has 0 aromatic heterocycles. The fourth-order valence-corrected chi connectivity index (χ4v) is 3.51. The van der Waals surface area contributed by atoms with Crippen molar-refractivity contribution in [2.24, 2.45) is 5.92 Å². The Labute approximate surface area is 153 Å². The quantitative estimate of drug-likeness (QED) is 0.851. The Morgan fingerprint density at radius 1 is 0.923 bits per heavy atom. The number of hydrogen-bond donors (Lipinski definition) is 0. The molecule has 0 atom stereocenters. The van der Waals surface area contributed by atoms with E-state index in [1.54, 1.807) is 24.1 Å². The number of ether oxygens (including phenoxy) is 1. The number of carbonyl (C=O) groups is 2. The van der Waals surface area contributed by atoms with Crippen LogP contribution in [0.2, 0.25) is 0 Å². The van der Waals surface area contributed by atoms with Crippen LogP contribution in [0.25, 0.3) is 0 Å². The van der Waals surface area contributed by atoms with Crippen molar-refractivity contribution in [3.05, 3.63) is 54.1 Å². The molecule has 2 amide bonds. The fraction of sp³-hybridized carbons (Fsp3) is 0.333. The van der Waals surface area contributed by atoms with E-state index in [9.17, 15) is 9.59 Å². The van der Waals surface area contributed by atoms with Crippen LogP contribution < -0.4 is 14.5 Å². The Bertz CT molecular complexity index is 845. The van der Waals surface area contributed by atoms with E-state index in [2.05, 4.69) is 0 Å². The Morgan fingerprint density at radius 2 is 1.54 bits per heavy atom. The molecule has 134 valence electrons. The van der Waals surface area contributed by atoms with E-state index >= 15 is 0 Å². The predicted octanol–water partition coefficient (Wildman–Crippen LogP) is 3.49. The first-order valence-corrected chi connectivity index (χ1v) is 9.06. The smallest absolute Gasteiger partial charge is 0.262 e. The first kappa shape index (κ1) is 16.6. The van der Waals surface area contributed by atoms with Gasteiger partial charge in [-0.25, -0.2) is 0 Å². The second-order valence-corrected chi connectivity index (χ2v) is 6.76. The number of carbonyl (C=O) groups excluding carboxylic acids is 2. The number of hydrogen-bond acceptors (Lipinski definition) is 3. The molecule has 1 saturated carbocycles. The predicted molar refractivity (Wildman–Crippen MR) is 101 cm³/mol. The van der Waals surface area contributed by atoms with Gasteiger partial charge in [-0.1, -0.05) is 24.3 Å². The van der Waals surface area contributed by atoms with E-state index in [-0.39, 0.29) is 17.7 Å². The summed E-state index contributed by atoms with van der Waals surface area (Å²) >= 11 is 0. The number of nitrogens with zero attached hydrogens (tertiary/aromatic N) is 2. The van der Waals surface area contributed by atoms with Gasteiger partial charge in [-0.05, 0) is 43.5 Å². The summed E-state index contributed by atoms with van der Waals surface area (Å²) in [5.74, 6) is 0.796. The van der Waals surface area contributed by atoms with Crippen LogP contribution >= 0.6 is 0 Å². The third-order valence-electron chi connectivity index (χ3n) is 5.00. The van der Waals surface area contributed by atoms with Gasteiger partial charge in [-0.3, -0.25) is 9.59 Å². The van der Waals surface area contributed by atoms with Crippen LogP contribution in [0.3, 0.4) is 0 Å². The average Bonchev–Trinajstić information content (AvgIpc) is 3.53. The van der Waals surface area contributed by atoms with Gasteiger partial charge in [0.1, 0.15) is 5.75 Å². The molecule has 5 heteroatoms. The van der Waals surface area contributed by atoms with Crippen LogP contribution in [-0.2, 0) is 4.79 Å². The number of para-hydroxylation sites is 3. The number of anilines is 2. The summed E-state index contributed by atoms with van der Waals surface area (Å²) in [6.45, 7) is 1.21. The topological polar surface area (TPSA) is 49.9 Å². The Balaban J connectivity index is 1.73. The van der Waals surface area contributed by atoms with Crippen molar-refractivity contribution < 1.29 is 14.3 Å². The lowest BCUT2D eigenvalue weighted by molar-refractivity contribution is -0.119. The number of rotatable bonds is 3. The van der Waals surface area contributed by atoms with Crippen molar-refractivity contribution in [2.75, 3.05) is 30.0 Å². The summed E-state index contributed by atoms with van der Waals surface area (Å²) in [5, 5.41) is 0. The van der Waals surface area contributed by atoms with E-state index in [0.717, 1.165) is 30.6 Å². The maximum absolute atomic E-state index is 13.3. The molecule has 2 aromatic carbocycles. The third-order valence-corrected chi connectivity index (χ3v) is 5.00. The molecule has 0 bridgehead atoms. The second-order valence-electron chi connectivity index (χ2n) is 6.76. The van der Waals surface area contributed by atoms with E-state index < -0.39 is 0 Å². The summed E-state index contributed by atoms with van der Waals surface area (Å²) in [7, 11) is 1.57. The largest absolute Gasteiger partial charge is 0.496 e. The highest BCUT2D eigenvalue weighted by atomic mass is 16.5. The Morgan fingerprint density at radius 3 is 2.23 bits per heavy atom. The monoisotopic (exact) mass is 350 g/mol. The van der Waals surface area contributed by atoms with Crippen molar-refractivity contribution in [2.45, 2.75) is 19.3 Å². The van der Waals surface area contributed by atoms with Gasteiger partial charge in [0.05, 0.1) is 24.0 Å². The molecular weight excluding hydrogens is 328 g/mol. The van der Waals surface area contributed by atoms with Crippen molar-refractivity contribution in [3.8, 4) is 5.75 Å². The standard InChI is InChI=1S/C21H22N2O3/c1-26-19-10-5-2-7-16(19)21(25)23-14-6-13-22(20(24)15-11-12-15)17-8-3-4-9-18(17)23/h2-5,7-10,15H,6,11-14H2,1H3. The van der Waals surface area contributed by atoms with E-state index in [1.165, 1.54) is 0 Å². The maximum Gasteiger partial charge on any atom is 0.262 e. The number of amides is 2. The SMILES string of the molecule is COc1ccccc1C(=O)N1CCCN(C(=O)C2CC2)c2ccccc21. The fourth-order valence-electron chi connectivity index (χ4n) is 3.51. The molecule has 0 unspecified atom stereocenters. The Kier molecular flexibility index (Phi) is 4.37. The molecule has 1 aliphatic carbocycles. The molecule has 4 rings (SSSR count). The van der Waals surface area contributed by atoms with E-state index in [4.69, 9.17) is 4.74 Å². The lowest BCUT2D eigenvalue weighted by Crippen LogP contribution is -2.32. The van der Waals surface area contributed by atoms with Gasteiger partial charge in [0.15, 0.2) is 0 Å². The minimum atomic E-state index is -0.101. The average molecular weight is 350 g/mol. The highest BCUT2D eigenvalue weighted by Crippen LogP contribution is 2.38. The molecular formula is C21H22N2O3. The minimum Gasteiger partial charge on any atom is -0.496 e.